The second-order valence-corrected chi connectivity index (χ2v) is 5.62. The van der Waals surface area contributed by atoms with E-state index in [-0.39, 0.29) is 18.2 Å². The van der Waals surface area contributed by atoms with Crippen LogP contribution in [0.2, 0.25) is 0 Å². The third kappa shape index (κ3) is 3.47. The van der Waals surface area contributed by atoms with Crippen LogP contribution in [0.5, 0.6) is 0 Å². The van der Waals surface area contributed by atoms with Gasteiger partial charge in [-0.2, -0.15) is 0 Å². The SMILES string of the molecule is Cc1ccc(F)cc1CN(C1CC1)C1CCNC1.Cl. The first kappa shape index (κ1) is 14.8. The Labute approximate surface area is 120 Å². The first-order chi connectivity index (χ1) is 8.74. The average molecular weight is 285 g/mol. The van der Waals surface area contributed by atoms with Crippen LogP contribution >= 0.6 is 12.4 Å². The van der Waals surface area contributed by atoms with Crippen LogP contribution in [-0.2, 0) is 6.54 Å². The van der Waals surface area contributed by atoms with Crippen molar-refractivity contribution in [1.29, 1.82) is 0 Å². The van der Waals surface area contributed by atoms with E-state index in [0.717, 1.165) is 31.2 Å². The van der Waals surface area contributed by atoms with Gasteiger partial charge in [-0.1, -0.05) is 6.07 Å². The van der Waals surface area contributed by atoms with E-state index in [4.69, 9.17) is 0 Å². The third-order valence-corrected chi connectivity index (χ3v) is 4.18. The van der Waals surface area contributed by atoms with Crippen molar-refractivity contribution >= 4 is 12.4 Å². The summed E-state index contributed by atoms with van der Waals surface area (Å²) in [6.07, 6.45) is 3.85. The Balaban J connectivity index is 0.00000133. The molecule has 1 N–H and O–H groups in total. The molecule has 3 rings (SSSR count). The van der Waals surface area contributed by atoms with Crippen LogP contribution in [0, 0.1) is 12.7 Å². The molecule has 0 aromatic heterocycles. The number of aryl methyl sites for hydroxylation is 1. The molecule has 4 heteroatoms. The molecule has 106 valence electrons. The molecule has 0 radical (unpaired) electrons. The van der Waals surface area contributed by atoms with Gasteiger partial charge in [0.05, 0.1) is 0 Å². The fourth-order valence-electron chi connectivity index (χ4n) is 2.89. The average Bonchev–Trinajstić information content (AvgIpc) is 3.05. The maximum atomic E-state index is 13.4. The number of benzene rings is 1. The Morgan fingerprint density at radius 3 is 2.68 bits per heavy atom. The van der Waals surface area contributed by atoms with Gasteiger partial charge in [0.2, 0.25) is 0 Å². The van der Waals surface area contributed by atoms with Crippen molar-refractivity contribution in [3.63, 3.8) is 0 Å². The fraction of sp³-hybridized carbons (Fsp3) is 0.600. The second-order valence-electron chi connectivity index (χ2n) is 5.62. The van der Waals surface area contributed by atoms with Crippen LogP contribution in [0.3, 0.4) is 0 Å². The van der Waals surface area contributed by atoms with Gasteiger partial charge in [0.25, 0.3) is 0 Å². The molecule has 1 aromatic rings. The quantitative estimate of drug-likeness (QED) is 0.915. The summed E-state index contributed by atoms with van der Waals surface area (Å²) in [6.45, 7) is 5.19. The standard InChI is InChI=1S/C15H21FN2.ClH/c1-11-2-3-13(16)8-12(11)10-18(14-4-5-14)15-6-7-17-9-15;/h2-3,8,14-15,17H,4-7,9-10H2,1H3;1H. The van der Waals surface area contributed by atoms with Crippen LogP contribution < -0.4 is 5.32 Å². The first-order valence-corrected chi connectivity index (χ1v) is 6.95. The van der Waals surface area contributed by atoms with E-state index in [9.17, 15) is 4.39 Å². The summed E-state index contributed by atoms with van der Waals surface area (Å²) in [6, 6.07) is 6.52. The normalized spacial score (nSPS) is 22.6. The molecule has 19 heavy (non-hydrogen) atoms. The molecule has 1 saturated carbocycles. The molecule has 1 atom stereocenters. The van der Waals surface area contributed by atoms with E-state index in [1.54, 1.807) is 12.1 Å². The van der Waals surface area contributed by atoms with Crippen LogP contribution in [0.25, 0.3) is 0 Å². The van der Waals surface area contributed by atoms with Crippen molar-refractivity contribution in [3.8, 4) is 0 Å². The maximum Gasteiger partial charge on any atom is 0.123 e. The number of hydrogen-bond acceptors (Lipinski definition) is 2. The van der Waals surface area contributed by atoms with Crippen molar-refractivity contribution in [2.75, 3.05) is 13.1 Å². The Morgan fingerprint density at radius 2 is 2.05 bits per heavy atom. The lowest BCUT2D eigenvalue weighted by Crippen LogP contribution is -2.38. The van der Waals surface area contributed by atoms with Gasteiger partial charge >= 0.3 is 0 Å². The Hall–Kier alpha value is -0.640. The number of rotatable bonds is 4. The molecule has 0 bridgehead atoms. The van der Waals surface area contributed by atoms with Crippen LogP contribution in [-0.4, -0.2) is 30.1 Å². The summed E-state index contributed by atoms with van der Waals surface area (Å²) in [4.78, 5) is 2.59. The summed E-state index contributed by atoms with van der Waals surface area (Å²) in [5.41, 5.74) is 2.35. The number of hydrogen-bond donors (Lipinski definition) is 1. The molecule has 1 heterocycles. The summed E-state index contributed by atoms with van der Waals surface area (Å²) in [5, 5.41) is 3.43. The van der Waals surface area contributed by atoms with Crippen LogP contribution in [0.1, 0.15) is 30.4 Å². The lowest BCUT2D eigenvalue weighted by Gasteiger charge is -2.29. The zero-order chi connectivity index (χ0) is 12.5. The van der Waals surface area contributed by atoms with Crippen molar-refractivity contribution in [2.24, 2.45) is 0 Å². The van der Waals surface area contributed by atoms with Crippen molar-refractivity contribution in [1.82, 2.24) is 10.2 Å². The smallest absolute Gasteiger partial charge is 0.123 e. The Bertz CT molecular complexity index is 428. The largest absolute Gasteiger partial charge is 0.315 e. The van der Waals surface area contributed by atoms with Crippen LogP contribution in [0.15, 0.2) is 18.2 Å². The molecular formula is C15H22ClFN2. The molecule has 1 unspecified atom stereocenters. The van der Waals surface area contributed by atoms with E-state index < -0.39 is 0 Å². The zero-order valence-electron chi connectivity index (χ0n) is 11.4. The van der Waals surface area contributed by atoms with Crippen molar-refractivity contribution in [2.45, 2.75) is 44.8 Å². The zero-order valence-corrected chi connectivity index (χ0v) is 12.2. The maximum absolute atomic E-state index is 13.4. The minimum absolute atomic E-state index is 0. The van der Waals surface area contributed by atoms with Gasteiger partial charge in [-0.05, 0) is 56.0 Å². The van der Waals surface area contributed by atoms with Gasteiger partial charge in [0, 0.05) is 25.2 Å². The van der Waals surface area contributed by atoms with E-state index >= 15 is 0 Å². The first-order valence-electron chi connectivity index (χ1n) is 6.95. The highest BCUT2D eigenvalue weighted by Crippen LogP contribution is 2.32. The Kier molecular flexibility index (Phi) is 4.82. The van der Waals surface area contributed by atoms with Gasteiger partial charge in [0.1, 0.15) is 5.82 Å². The van der Waals surface area contributed by atoms with E-state index in [1.807, 2.05) is 6.07 Å². The topological polar surface area (TPSA) is 15.3 Å². The predicted molar refractivity (Wildman–Crippen MR) is 78.2 cm³/mol. The molecule has 1 saturated heterocycles. The monoisotopic (exact) mass is 284 g/mol. The molecule has 0 spiro atoms. The third-order valence-electron chi connectivity index (χ3n) is 4.18. The molecule has 2 fully saturated rings. The minimum atomic E-state index is -0.115. The Morgan fingerprint density at radius 1 is 1.26 bits per heavy atom. The van der Waals surface area contributed by atoms with Gasteiger partial charge in [-0.15, -0.1) is 12.4 Å². The lowest BCUT2D eigenvalue weighted by molar-refractivity contribution is 0.188. The summed E-state index contributed by atoms with van der Waals surface area (Å²) < 4.78 is 13.4. The van der Waals surface area contributed by atoms with Gasteiger partial charge in [0.15, 0.2) is 0 Å². The molecule has 2 nitrogen and oxygen atoms in total. The van der Waals surface area contributed by atoms with Crippen molar-refractivity contribution in [3.05, 3.63) is 35.1 Å². The van der Waals surface area contributed by atoms with Gasteiger partial charge < -0.3 is 5.32 Å². The summed E-state index contributed by atoms with van der Waals surface area (Å²) in [5.74, 6) is -0.115. The summed E-state index contributed by atoms with van der Waals surface area (Å²) in [7, 11) is 0. The number of halogens is 2. The molecule has 2 aliphatic rings. The van der Waals surface area contributed by atoms with E-state index in [1.165, 1.54) is 24.8 Å². The second kappa shape index (κ2) is 6.21. The fourth-order valence-corrected chi connectivity index (χ4v) is 2.89. The predicted octanol–water partition coefficient (Wildman–Crippen LogP) is 2.88. The minimum Gasteiger partial charge on any atom is -0.315 e. The van der Waals surface area contributed by atoms with Crippen LogP contribution in [0.4, 0.5) is 4.39 Å². The van der Waals surface area contributed by atoms with E-state index in [0.29, 0.717) is 6.04 Å². The van der Waals surface area contributed by atoms with Crippen molar-refractivity contribution < 1.29 is 4.39 Å². The molecule has 1 aliphatic heterocycles. The number of nitrogens with one attached hydrogen (secondary N) is 1. The molecule has 1 aliphatic carbocycles. The molecule has 1 aromatic carbocycles. The lowest BCUT2D eigenvalue weighted by atomic mass is 10.1. The highest BCUT2D eigenvalue weighted by Gasteiger charge is 2.35. The summed E-state index contributed by atoms with van der Waals surface area (Å²) >= 11 is 0. The van der Waals surface area contributed by atoms with Gasteiger partial charge in [-0.3, -0.25) is 4.90 Å². The van der Waals surface area contributed by atoms with E-state index in [2.05, 4.69) is 17.1 Å². The highest BCUT2D eigenvalue weighted by molar-refractivity contribution is 5.85. The highest BCUT2D eigenvalue weighted by atomic mass is 35.5. The molecule has 0 amide bonds. The van der Waals surface area contributed by atoms with Gasteiger partial charge in [-0.25, -0.2) is 4.39 Å². The molecular weight excluding hydrogens is 263 g/mol. The number of nitrogens with zero attached hydrogens (tertiary/aromatic N) is 1.